The first-order valence-electron chi connectivity index (χ1n) is 7.30. The molecule has 0 radical (unpaired) electrons. The molecule has 104 valence electrons. The van der Waals surface area contributed by atoms with Crippen molar-refractivity contribution >= 4 is 0 Å². The Morgan fingerprint density at radius 1 is 1.00 bits per heavy atom. The van der Waals surface area contributed by atoms with Gasteiger partial charge in [-0.15, -0.1) is 0 Å². The highest BCUT2D eigenvalue weighted by Crippen LogP contribution is 2.22. The molecule has 0 aliphatic heterocycles. The lowest BCUT2D eigenvalue weighted by molar-refractivity contribution is 0.122. The Hall–Kier alpha value is -0.0800. The third kappa shape index (κ3) is 12.2. The average molecular weight is 243 g/mol. The second-order valence-electron chi connectivity index (χ2n) is 6.15. The Labute approximate surface area is 109 Å². The van der Waals surface area contributed by atoms with Gasteiger partial charge in [-0.2, -0.15) is 0 Å². The van der Waals surface area contributed by atoms with Crippen LogP contribution in [0.15, 0.2) is 0 Å². The van der Waals surface area contributed by atoms with Gasteiger partial charge in [-0.05, 0) is 44.1 Å². The van der Waals surface area contributed by atoms with Crippen molar-refractivity contribution in [2.45, 2.75) is 72.8 Å². The molecule has 0 spiro atoms. The SMILES string of the molecule is CCCNC(CCOCCC)CCC(C)(C)C. The van der Waals surface area contributed by atoms with E-state index in [2.05, 4.69) is 39.9 Å². The van der Waals surface area contributed by atoms with E-state index in [1.807, 2.05) is 0 Å². The van der Waals surface area contributed by atoms with Crippen molar-refractivity contribution in [2.75, 3.05) is 19.8 Å². The van der Waals surface area contributed by atoms with E-state index in [4.69, 9.17) is 4.74 Å². The fraction of sp³-hybridized carbons (Fsp3) is 1.00. The molecule has 0 amide bonds. The number of hydrogen-bond acceptors (Lipinski definition) is 2. The average Bonchev–Trinajstić information content (AvgIpc) is 2.25. The molecule has 0 aromatic carbocycles. The predicted octanol–water partition coefficient (Wildman–Crippen LogP) is 4.00. The van der Waals surface area contributed by atoms with Crippen molar-refractivity contribution in [1.82, 2.24) is 5.32 Å². The van der Waals surface area contributed by atoms with Crippen molar-refractivity contribution in [3.63, 3.8) is 0 Å². The lowest BCUT2D eigenvalue weighted by Crippen LogP contribution is -2.32. The van der Waals surface area contributed by atoms with Crippen LogP contribution >= 0.6 is 0 Å². The first-order valence-corrected chi connectivity index (χ1v) is 7.30. The maximum Gasteiger partial charge on any atom is 0.0480 e. The smallest absolute Gasteiger partial charge is 0.0480 e. The van der Waals surface area contributed by atoms with E-state index in [-0.39, 0.29) is 0 Å². The van der Waals surface area contributed by atoms with Crippen molar-refractivity contribution in [1.29, 1.82) is 0 Å². The van der Waals surface area contributed by atoms with Crippen LogP contribution < -0.4 is 5.32 Å². The molecule has 17 heavy (non-hydrogen) atoms. The van der Waals surface area contributed by atoms with Gasteiger partial charge in [0.15, 0.2) is 0 Å². The quantitative estimate of drug-likeness (QED) is 0.586. The number of hydrogen-bond donors (Lipinski definition) is 1. The third-order valence-corrected chi connectivity index (χ3v) is 2.88. The van der Waals surface area contributed by atoms with Gasteiger partial charge in [0.2, 0.25) is 0 Å². The molecule has 0 heterocycles. The van der Waals surface area contributed by atoms with Crippen LogP contribution in [-0.2, 0) is 4.74 Å². The molecule has 2 heteroatoms. The van der Waals surface area contributed by atoms with Crippen LogP contribution in [0.1, 0.15) is 66.7 Å². The zero-order valence-electron chi connectivity index (χ0n) is 12.6. The van der Waals surface area contributed by atoms with Crippen molar-refractivity contribution in [2.24, 2.45) is 5.41 Å². The molecule has 0 aliphatic rings. The topological polar surface area (TPSA) is 21.3 Å². The number of ether oxygens (including phenoxy) is 1. The molecule has 0 aliphatic carbocycles. The van der Waals surface area contributed by atoms with Gasteiger partial charge < -0.3 is 10.1 Å². The molecule has 0 saturated carbocycles. The minimum absolute atomic E-state index is 0.441. The van der Waals surface area contributed by atoms with E-state index in [0.717, 1.165) is 32.6 Å². The molecular weight excluding hydrogens is 210 g/mol. The summed E-state index contributed by atoms with van der Waals surface area (Å²) in [5, 5.41) is 3.64. The molecule has 0 rings (SSSR count). The zero-order chi connectivity index (χ0) is 13.1. The van der Waals surface area contributed by atoms with Crippen LogP contribution in [0, 0.1) is 5.41 Å². The summed E-state index contributed by atoms with van der Waals surface area (Å²) in [4.78, 5) is 0. The van der Waals surface area contributed by atoms with E-state index < -0.39 is 0 Å². The largest absolute Gasteiger partial charge is 0.381 e. The maximum absolute atomic E-state index is 5.59. The first kappa shape index (κ1) is 16.9. The van der Waals surface area contributed by atoms with Gasteiger partial charge >= 0.3 is 0 Å². The molecule has 0 saturated heterocycles. The molecular formula is C15H33NO. The number of rotatable bonds is 10. The summed E-state index contributed by atoms with van der Waals surface area (Å²) in [6.45, 7) is 14.3. The molecule has 0 aromatic heterocycles. The summed E-state index contributed by atoms with van der Waals surface area (Å²) in [6, 6.07) is 0.631. The highest BCUT2D eigenvalue weighted by atomic mass is 16.5. The molecule has 1 unspecified atom stereocenters. The summed E-state index contributed by atoms with van der Waals surface area (Å²) in [6.07, 6.45) is 6.02. The van der Waals surface area contributed by atoms with Gasteiger partial charge in [0.1, 0.15) is 0 Å². The maximum atomic E-state index is 5.59. The lowest BCUT2D eigenvalue weighted by atomic mass is 9.88. The third-order valence-electron chi connectivity index (χ3n) is 2.88. The fourth-order valence-corrected chi connectivity index (χ4v) is 1.78. The predicted molar refractivity (Wildman–Crippen MR) is 76.5 cm³/mol. The molecule has 2 nitrogen and oxygen atoms in total. The van der Waals surface area contributed by atoms with Crippen molar-refractivity contribution in [3.8, 4) is 0 Å². The van der Waals surface area contributed by atoms with Gasteiger partial charge in [-0.3, -0.25) is 0 Å². The minimum Gasteiger partial charge on any atom is -0.381 e. The lowest BCUT2D eigenvalue weighted by Gasteiger charge is -2.24. The van der Waals surface area contributed by atoms with Gasteiger partial charge in [-0.25, -0.2) is 0 Å². The van der Waals surface area contributed by atoms with Crippen molar-refractivity contribution < 1.29 is 4.74 Å². The summed E-state index contributed by atoms with van der Waals surface area (Å²) < 4.78 is 5.59. The highest BCUT2D eigenvalue weighted by Gasteiger charge is 2.14. The van der Waals surface area contributed by atoms with Crippen LogP contribution in [0.25, 0.3) is 0 Å². The van der Waals surface area contributed by atoms with Crippen LogP contribution in [0.4, 0.5) is 0 Å². The minimum atomic E-state index is 0.441. The Morgan fingerprint density at radius 3 is 2.24 bits per heavy atom. The molecule has 0 fully saturated rings. The van der Waals surface area contributed by atoms with Crippen molar-refractivity contribution in [3.05, 3.63) is 0 Å². The molecule has 1 atom stereocenters. The van der Waals surface area contributed by atoms with Crippen LogP contribution in [0.3, 0.4) is 0 Å². The fourth-order valence-electron chi connectivity index (χ4n) is 1.78. The van der Waals surface area contributed by atoms with Crippen LogP contribution in [0.5, 0.6) is 0 Å². The zero-order valence-corrected chi connectivity index (χ0v) is 12.6. The standard InChI is InChI=1S/C15H33NO/c1-6-11-16-14(8-10-15(3,4)5)9-13-17-12-7-2/h14,16H,6-13H2,1-5H3. The van der Waals surface area contributed by atoms with Gasteiger partial charge in [0.05, 0.1) is 0 Å². The highest BCUT2D eigenvalue weighted by molar-refractivity contribution is 4.71. The Morgan fingerprint density at radius 2 is 1.71 bits per heavy atom. The molecule has 0 aromatic rings. The van der Waals surface area contributed by atoms with E-state index in [9.17, 15) is 0 Å². The van der Waals surface area contributed by atoms with E-state index in [0.29, 0.717) is 11.5 Å². The second kappa shape index (κ2) is 9.90. The number of nitrogens with one attached hydrogen (secondary N) is 1. The van der Waals surface area contributed by atoms with E-state index in [1.54, 1.807) is 0 Å². The van der Waals surface area contributed by atoms with Gasteiger partial charge in [-0.1, -0.05) is 34.6 Å². The first-order chi connectivity index (χ1) is 7.99. The summed E-state index contributed by atoms with van der Waals surface area (Å²) in [5.41, 5.74) is 0.441. The normalized spacial score (nSPS) is 13.9. The monoisotopic (exact) mass is 243 g/mol. The van der Waals surface area contributed by atoms with Crippen LogP contribution in [-0.4, -0.2) is 25.8 Å². The van der Waals surface area contributed by atoms with Gasteiger partial charge in [0.25, 0.3) is 0 Å². The summed E-state index contributed by atoms with van der Waals surface area (Å²) in [7, 11) is 0. The summed E-state index contributed by atoms with van der Waals surface area (Å²) >= 11 is 0. The molecule has 0 bridgehead atoms. The van der Waals surface area contributed by atoms with E-state index in [1.165, 1.54) is 19.3 Å². The Kier molecular flexibility index (Phi) is 9.85. The van der Waals surface area contributed by atoms with E-state index >= 15 is 0 Å². The Bertz CT molecular complexity index is 163. The van der Waals surface area contributed by atoms with Gasteiger partial charge in [0, 0.05) is 19.3 Å². The summed E-state index contributed by atoms with van der Waals surface area (Å²) in [5.74, 6) is 0. The Balaban J connectivity index is 3.79. The molecule has 1 N–H and O–H groups in total. The van der Waals surface area contributed by atoms with Crippen LogP contribution in [0.2, 0.25) is 0 Å². The second-order valence-corrected chi connectivity index (χ2v) is 6.15.